The number of alkyl carbamates (subject to hydrolysis) is 1. The summed E-state index contributed by atoms with van der Waals surface area (Å²) in [5, 5.41) is 17.7. The molecule has 0 unspecified atom stereocenters. The van der Waals surface area contributed by atoms with Gasteiger partial charge in [-0.05, 0) is 110 Å². The van der Waals surface area contributed by atoms with Crippen LogP contribution in [0.3, 0.4) is 0 Å². The van der Waals surface area contributed by atoms with E-state index in [0.717, 1.165) is 5.56 Å². The van der Waals surface area contributed by atoms with Gasteiger partial charge < -0.3 is 29.6 Å². The molecule has 1 saturated carbocycles. The van der Waals surface area contributed by atoms with E-state index in [1.165, 1.54) is 0 Å². The second-order valence-corrected chi connectivity index (χ2v) is 13.6. The van der Waals surface area contributed by atoms with Crippen LogP contribution in [-0.4, -0.2) is 46.4 Å². The monoisotopic (exact) mass is 657 g/mol. The molecule has 1 fully saturated rings. The number of hydrogen-bond donors (Lipinski definition) is 3. The van der Waals surface area contributed by atoms with Crippen molar-refractivity contribution in [3.63, 3.8) is 0 Å². The second-order valence-electron chi connectivity index (χ2n) is 13.6. The number of hydrogen-bond acceptors (Lipinski definition) is 9. The van der Waals surface area contributed by atoms with Crippen molar-refractivity contribution in [3.8, 4) is 23.3 Å². The summed E-state index contributed by atoms with van der Waals surface area (Å²) in [5.74, 6) is 1.31. The molecule has 1 aliphatic carbocycles. The van der Waals surface area contributed by atoms with Crippen molar-refractivity contribution in [1.29, 1.82) is 5.26 Å². The number of nitriles is 1. The largest absolute Gasteiger partial charge is 0.489 e. The fourth-order valence-corrected chi connectivity index (χ4v) is 4.86. The van der Waals surface area contributed by atoms with E-state index < -0.39 is 23.4 Å². The summed E-state index contributed by atoms with van der Waals surface area (Å²) < 4.78 is 22.7. The standard InChI is InChI=1S/C36H43N5O7/c1-35(2,3)47-33(43)40-27-12-10-26(11-13-27)39-32(42)25-17-29(19-30(18-25)46-28-14-7-23(20-37)8-15-28)45-22-24-9-16-31(38-21-24)41-34(44)48-36(4,5)6/h7-9,14-19,21,26-27H,10-13,22H2,1-6H3,(H,39,42)(H,40,43)(H,38,41,44). The van der Waals surface area contributed by atoms with Gasteiger partial charge in [-0.15, -0.1) is 0 Å². The Morgan fingerprint density at radius 1 is 0.792 bits per heavy atom. The van der Waals surface area contributed by atoms with Crippen LogP contribution in [0.2, 0.25) is 0 Å². The van der Waals surface area contributed by atoms with Crippen molar-refractivity contribution >= 4 is 23.9 Å². The summed E-state index contributed by atoms with van der Waals surface area (Å²) in [6, 6.07) is 17.0. The minimum absolute atomic E-state index is 0.0196. The van der Waals surface area contributed by atoms with E-state index >= 15 is 0 Å². The van der Waals surface area contributed by atoms with E-state index in [9.17, 15) is 14.4 Å². The van der Waals surface area contributed by atoms with Crippen LogP contribution in [0.25, 0.3) is 0 Å². The lowest BCUT2D eigenvalue weighted by Crippen LogP contribution is -2.45. The molecule has 0 spiro atoms. The zero-order valence-electron chi connectivity index (χ0n) is 28.2. The zero-order valence-corrected chi connectivity index (χ0v) is 28.2. The molecule has 0 aliphatic heterocycles. The van der Waals surface area contributed by atoms with E-state index in [4.69, 9.17) is 24.2 Å². The van der Waals surface area contributed by atoms with Gasteiger partial charge in [0.2, 0.25) is 0 Å². The Morgan fingerprint density at radius 3 is 1.98 bits per heavy atom. The van der Waals surface area contributed by atoms with Gasteiger partial charge >= 0.3 is 12.2 Å². The molecule has 3 amide bonds. The first kappa shape index (κ1) is 35.5. The molecule has 3 aromatic rings. The maximum atomic E-state index is 13.5. The molecule has 2 aromatic carbocycles. The fourth-order valence-electron chi connectivity index (χ4n) is 4.86. The molecule has 3 N–H and O–H groups in total. The molecular weight excluding hydrogens is 614 g/mol. The van der Waals surface area contributed by atoms with E-state index in [2.05, 4.69) is 27.0 Å². The van der Waals surface area contributed by atoms with Gasteiger partial charge in [-0.2, -0.15) is 5.26 Å². The normalized spacial score (nSPS) is 16.1. The molecule has 4 rings (SSSR count). The highest BCUT2D eigenvalue weighted by molar-refractivity contribution is 5.95. The average Bonchev–Trinajstić information content (AvgIpc) is 3.00. The molecule has 254 valence electrons. The minimum atomic E-state index is -0.633. The molecule has 0 radical (unpaired) electrons. The smallest absolute Gasteiger partial charge is 0.413 e. The first-order valence-electron chi connectivity index (χ1n) is 15.9. The first-order chi connectivity index (χ1) is 22.6. The Labute approximate surface area is 281 Å². The summed E-state index contributed by atoms with van der Waals surface area (Å²) in [4.78, 5) is 41.9. The van der Waals surface area contributed by atoms with E-state index in [0.29, 0.717) is 59.9 Å². The number of pyridine rings is 1. The molecule has 1 aliphatic rings. The number of amides is 3. The third-order valence-electron chi connectivity index (χ3n) is 7.00. The quantitative estimate of drug-likeness (QED) is 0.215. The Bertz CT molecular complexity index is 1610. The molecule has 12 heteroatoms. The van der Waals surface area contributed by atoms with Crippen molar-refractivity contribution in [3.05, 3.63) is 77.5 Å². The van der Waals surface area contributed by atoms with Crippen molar-refractivity contribution in [2.45, 2.75) is 97.1 Å². The number of rotatable bonds is 9. The van der Waals surface area contributed by atoms with Crippen LogP contribution in [0.15, 0.2) is 60.8 Å². The maximum Gasteiger partial charge on any atom is 0.413 e. The van der Waals surface area contributed by atoms with Crippen LogP contribution in [-0.2, 0) is 16.1 Å². The lowest BCUT2D eigenvalue weighted by molar-refractivity contribution is 0.0487. The number of carbonyl (C=O) groups is 3. The summed E-state index contributed by atoms with van der Waals surface area (Å²) in [5.41, 5.74) is 0.368. The van der Waals surface area contributed by atoms with Gasteiger partial charge in [-0.3, -0.25) is 10.1 Å². The third kappa shape index (κ3) is 11.8. The average molecular weight is 658 g/mol. The lowest BCUT2D eigenvalue weighted by Gasteiger charge is -2.30. The minimum Gasteiger partial charge on any atom is -0.489 e. The summed E-state index contributed by atoms with van der Waals surface area (Å²) in [6.45, 7) is 10.9. The van der Waals surface area contributed by atoms with E-state index in [1.54, 1.807) is 81.6 Å². The maximum absolute atomic E-state index is 13.5. The Balaban J connectivity index is 1.41. The van der Waals surface area contributed by atoms with Crippen molar-refractivity contribution in [2.24, 2.45) is 0 Å². The molecule has 0 bridgehead atoms. The summed E-state index contributed by atoms with van der Waals surface area (Å²) in [6.07, 6.45) is 3.35. The summed E-state index contributed by atoms with van der Waals surface area (Å²) in [7, 11) is 0. The third-order valence-corrected chi connectivity index (χ3v) is 7.00. The molecule has 48 heavy (non-hydrogen) atoms. The van der Waals surface area contributed by atoms with Gasteiger partial charge in [0.15, 0.2) is 0 Å². The first-order valence-corrected chi connectivity index (χ1v) is 15.9. The van der Waals surface area contributed by atoms with Crippen molar-refractivity contribution < 1.29 is 33.3 Å². The van der Waals surface area contributed by atoms with Crippen LogP contribution in [0.4, 0.5) is 15.4 Å². The van der Waals surface area contributed by atoms with Crippen LogP contribution in [0, 0.1) is 11.3 Å². The molecule has 0 atom stereocenters. The number of ether oxygens (including phenoxy) is 4. The van der Waals surface area contributed by atoms with Crippen LogP contribution in [0.5, 0.6) is 17.2 Å². The van der Waals surface area contributed by atoms with Crippen molar-refractivity contribution in [1.82, 2.24) is 15.6 Å². The molecule has 1 heterocycles. The van der Waals surface area contributed by atoms with Crippen LogP contribution >= 0.6 is 0 Å². The SMILES string of the molecule is CC(C)(C)OC(=O)Nc1ccc(COc2cc(Oc3ccc(C#N)cc3)cc(C(=O)NC3CCC(NC(=O)OC(C)(C)C)CC3)c2)cn1. The number of nitrogens with zero attached hydrogens (tertiary/aromatic N) is 2. The number of aromatic nitrogens is 1. The van der Waals surface area contributed by atoms with Gasteiger partial charge in [0.25, 0.3) is 5.91 Å². The van der Waals surface area contributed by atoms with Gasteiger partial charge in [0.05, 0.1) is 11.6 Å². The molecule has 1 aromatic heterocycles. The predicted octanol–water partition coefficient (Wildman–Crippen LogP) is 7.24. The summed E-state index contributed by atoms with van der Waals surface area (Å²) >= 11 is 0. The highest BCUT2D eigenvalue weighted by Crippen LogP contribution is 2.29. The van der Waals surface area contributed by atoms with Gasteiger partial charge in [0.1, 0.15) is 40.9 Å². The van der Waals surface area contributed by atoms with Crippen molar-refractivity contribution in [2.75, 3.05) is 5.32 Å². The van der Waals surface area contributed by atoms with E-state index in [1.807, 2.05) is 20.8 Å². The van der Waals surface area contributed by atoms with Gasteiger partial charge in [-0.25, -0.2) is 14.6 Å². The van der Waals surface area contributed by atoms with Gasteiger partial charge in [0, 0.05) is 35.5 Å². The topological polar surface area (TPSA) is 161 Å². The number of nitrogens with one attached hydrogen (secondary N) is 3. The van der Waals surface area contributed by atoms with Crippen LogP contribution in [0.1, 0.15) is 88.7 Å². The Kier molecular flexibility index (Phi) is 11.5. The number of anilines is 1. The van der Waals surface area contributed by atoms with Gasteiger partial charge in [-0.1, -0.05) is 6.07 Å². The Hall–Kier alpha value is -5.31. The number of carbonyl (C=O) groups excluding carboxylic acids is 3. The molecule has 0 saturated heterocycles. The fraction of sp³-hybridized carbons (Fsp3) is 0.417. The second kappa shape index (κ2) is 15.5. The number of benzene rings is 2. The zero-order chi connectivity index (χ0) is 34.9. The Morgan fingerprint density at radius 2 is 1.40 bits per heavy atom. The predicted molar refractivity (Wildman–Crippen MR) is 179 cm³/mol. The highest BCUT2D eigenvalue weighted by Gasteiger charge is 2.26. The van der Waals surface area contributed by atoms with Crippen LogP contribution < -0.4 is 25.4 Å². The van der Waals surface area contributed by atoms with E-state index in [-0.39, 0.29) is 24.6 Å². The highest BCUT2D eigenvalue weighted by atomic mass is 16.6. The molecular formula is C36H43N5O7. The lowest BCUT2D eigenvalue weighted by atomic mass is 9.91. The molecule has 12 nitrogen and oxygen atoms in total.